The molecule has 0 bridgehead atoms. The average molecular weight is 295 g/mol. The van der Waals surface area contributed by atoms with Crippen LogP contribution in [0.5, 0.6) is 0 Å². The number of carbonyl (C=O) groups is 1. The molecule has 0 atom stereocenters. The van der Waals surface area contributed by atoms with Crippen molar-refractivity contribution in [1.29, 1.82) is 5.26 Å². The van der Waals surface area contributed by atoms with Crippen LogP contribution >= 0.6 is 0 Å². The van der Waals surface area contributed by atoms with Gasteiger partial charge in [-0.1, -0.05) is 11.6 Å². The lowest BCUT2D eigenvalue weighted by Gasteiger charge is -2.31. The van der Waals surface area contributed by atoms with Crippen LogP contribution in [0.1, 0.15) is 42.0 Å². The van der Waals surface area contributed by atoms with E-state index in [-0.39, 0.29) is 12.3 Å². The second-order valence-electron chi connectivity index (χ2n) is 6.20. The molecule has 3 rings (SSSR count). The Bertz CT molecular complexity index is 746. The third-order valence-corrected chi connectivity index (χ3v) is 4.74. The van der Waals surface area contributed by atoms with Crippen molar-refractivity contribution >= 4 is 16.8 Å². The van der Waals surface area contributed by atoms with E-state index in [1.54, 1.807) is 0 Å². The van der Waals surface area contributed by atoms with Crippen molar-refractivity contribution in [3.8, 4) is 6.07 Å². The number of nitrogens with one attached hydrogen (secondary N) is 1. The zero-order valence-electron chi connectivity index (χ0n) is 13.1. The second-order valence-corrected chi connectivity index (χ2v) is 6.20. The van der Waals surface area contributed by atoms with E-state index < -0.39 is 0 Å². The summed E-state index contributed by atoms with van der Waals surface area (Å²) in [4.78, 5) is 17.2. The van der Waals surface area contributed by atoms with E-state index in [1.807, 2.05) is 11.0 Å². The van der Waals surface area contributed by atoms with Gasteiger partial charge in [0, 0.05) is 35.6 Å². The van der Waals surface area contributed by atoms with E-state index >= 15 is 0 Å². The van der Waals surface area contributed by atoms with Gasteiger partial charge >= 0.3 is 0 Å². The molecule has 2 aromatic rings. The Morgan fingerprint density at radius 2 is 2.09 bits per heavy atom. The number of amides is 1. The van der Waals surface area contributed by atoms with E-state index in [2.05, 4.69) is 37.0 Å². The van der Waals surface area contributed by atoms with Crippen LogP contribution in [-0.4, -0.2) is 28.9 Å². The molecular weight excluding hydrogens is 274 g/mol. The Balaban J connectivity index is 1.78. The molecule has 1 fully saturated rings. The third-order valence-electron chi connectivity index (χ3n) is 4.74. The van der Waals surface area contributed by atoms with Crippen molar-refractivity contribution in [3.63, 3.8) is 0 Å². The minimum atomic E-state index is -0.0371. The fourth-order valence-corrected chi connectivity index (χ4v) is 3.47. The SMILES string of the molecule is Cc1ccc2[nH]c(C3CCN(C(=O)CC#N)CC3)c(C)c2c1. The minimum Gasteiger partial charge on any atom is -0.358 e. The van der Waals surface area contributed by atoms with E-state index in [9.17, 15) is 4.79 Å². The molecule has 4 heteroatoms. The lowest BCUT2D eigenvalue weighted by molar-refractivity contribution is -0.131. The van der Waals surface area contributed by atoms with Crippen molar-refractivity contribution < 1.29 is 4.79 Å². The first-order valence-electron chi connectivity index (χ1n) is 7.83. The number of benzene rings is 1. The van der Waals surface area contributed by atoms with Crippen LogP contribution in [0.2, 0.25) is 0 Å². The number of aromatic nitrogens is 1. The molecule has 1 aromatic heterocycles. The first-order valence-corrected chi connectivity index (χ1v) is 7.83. The number of piperidine rings is 1. The average Bonchev–Trinajstić information content (AvgIpc) is 2.84. The monoisotopic (exact) mass is 295 g/mol. The zero-order valence-corrected chi connectivity index (χ0v) is 13.1. The Labute approximate surface area is 130 Å². The highest BCUT2D eigenvalue weighted by Gasteiger charge is 2.26. The number of H-pyrrole nitrogens is 1. The largest absolute Gasteiger partial charge is 0.358 e. The molecule has 1 saturated heterocycles. The number of rotatable bonds is 2. The predicted octanol–water partition coefficient (Wildman–Crippen LogP) is 3.40. The number of carbonyl (C=O) groups excluding carboxylic acids is 1. The summed E-state index contributed by atoms with van der Waals surface area (Å²) in [5, 5.41) is 9.94. The fourth-order valence-electron chi connectivity index (χ4n) is 3.47. The van der Waals surface area contributed by atoms with E-state index in [0.717, 1.165) is 25.9 Å². The van der Waals surface area contributed by atoms with Crippen LogP contribution in [0.25, 0.3) is 10.9 Å². The van der Waals surface area contributed by atoms with Gasteiger partial charge in [-0.3, -0.25) is 4.79 Å². The number of nitrogens with zero attached hydrogens (tertiary/aromatic N) is 2. The Morgan fingerprint density at radius 1 is 1.36 bits per heavy atom. The first kappa shape index (κ1) is 14.6. The summed E-state index contributed by atoms with van der Waals surface area (Å²) in [7, 11) is 0. The van der Waals surface area contributed by atoms with Crippen molar-refractivity contribution in [2.24, 2.45) is 0 Å². The van der Waals surface area contributed by atoms with E-state index in [0.29, 0.717) is 5.92 Å². The smallest absolute Gasteiger partial charge is 0.236 e. The maximum absolute atomic E-state index is 11.8. The van der Waals surface area contributed by atoms with Gasteiger partial charge < -0.3 is 9.88 Å². The molecule has 114 valence electrons. The molecule has 1 aromatic carbocycles. The predicted molar refractivity (Wildman–Crippen MR) is 86.6 cm³/mol. The van der Waals surface area contributed by atoms with Crippen LogP contribution in [0.3, 0.4) is 0 Å². The minimum absolute atomic E-state index is 0.00460. The van der Waals surface area contributed by atoms with E-state index in [4.69, 9.17) is 5.26 Å². The molecule has 4 nitrogen and oxygen atoms in total. The maximum atomic E-state index is 11.8. The second kappa shape index (κ2) is 5.84. The summed E-state index contributed by atoms with van der Waals surface area (Å²) >= 11 is 0. The standard InChI is InChI=1S/C18H21N3O/c1-12-3-4-16-15(11-12)13(2)18(20-16)14-6-9-21(10-7-14)17(22)5-8-19/h3-4,11,14,20H,5-7,9-10H2,1-2H3. The number of likely N-dealkylation sites (tertiary alicyclic amines) is 1. The summed E-state index contributed by atoms with van der Waals surface area (Å²) < 4.78 is 0. The van der Waals surface area contributed by atoms with Crippen molar-refractivity contribution in [2.45, 2.75) is 39.0 Å². The lowest BCUT2D eigenvalue weighted by atomic mass is 9.91. The molecule has 1 amide bonds. The number of aromatic amines is 1. The molecule has 1 N–H and O–H groups in total. The summed E-state index contributed by atoms with van der Waals surface area (Å²) in [6.45, 7) is 5.80. The molecule has 2 heterocycles. The number of fused-ring (bicyclic) bond motifs is 1. The molecule has 0 spiro atoms. The van der Waals surface area contributed by atoms with Gasteiger partial charge in [-0.15, -0.1) is 0 Å². The Kier molecular flexibility index (Phi) is 3.89. The van der Waals surface area contributed by atoms with Gasteiger partial charge in [0.2, 0.25) is 5.91 Å². The summed E-state index contributed by atoms with van der Waals surface area (Å²) in [5.74, 6) is 0.434. The Hall–Kier alpha value is -2.28. The highest BCUT2D eigenvalue weighted by atomic mass is 16.2. The van der Waals surface area contributed by atoms with Gasteiger partial charge in [0.25, 0.3) is 0 Å². The zero-order chi connectivity index (χ0) is 15.7. The van der Waals surface area contributed by atoms with Gasteiger partial charge in [0.15, 0.2) is 0 Å². The van der Waals surface area contributed by atoms with Crippen molar-refractivity contribution in [3.05, 3.63) is 35.0 Å². The normalized spacial score (nSPS) is 16.0. The number of hydrogen-bond acceptors (Lipinski definition) is 2. The molecule has 1 aliphatic rings. The quantitative estimate of drug-likeness (QED) is 0.923. The molecule has 0 unspecified atom stereocenters. The van der Waals surface area contributed by atoms with Gasteiger partial charge in [-0.05, 0) is 44.4 Å². The van der Waals surface area contributed by atoms with Gasteiger partial charge in [-0.2, -0.15) is 5.26 Å². The summed E-state index contributed by atoms with van der Waals surface area (Å²) in [6.07, 6.45) is 1.92. The number of hydrogen-bond donors (Lipinski definition) is 1. The van der Waals surface area contributed by atoms with Gasteiger partial charge in [0.05, 0.1) is 6.07 Å². The van der Waals surface area contributed by atoms with Crippen LogP contribution in [0.15, 0.2) is 18.2 Å². The number of nitriles is 1. The topological polar surface area (TPSA) is 59.9 Å². The summed E-state index contributed by atoms with van der Waals surface area (Å²) in [6, 6.07) is 8.45. The third kappa shape index (κ3) is 2.59. The highest BCUT2D eigenvalue weighted by Crippen LogP contribution is 2.33. The Morgan fingerprint density at radius 3 is 2.77 bits per heavy atom. The molecule has 0 saturated carbocycles. The fraction of sp³-hybridized carbons (Fsp3) is 0.444. The van der Waals surface area contributed by atoms with Crippen LogP contribution < -0.4 is 0 Å². The van der Waals surface area contributed by atoms with Crippen LogP contribution in [0.4, 0.5) is 0 Å². The van der Waals surface area contributed by atoms with Crippen molar-refractivity contribution in [2.75, 3.05) is 13.1 Å². The van der Waals surface area contributed by atoms with Crippen molar-refractivity contribution in [1.82, 2.24) is 9.88 Å². The lowest BCUT2D eigenvalue weighted by Crippen LogP contribution is -2.37. The molecule has 22 heavy (non-hydrogen) atoms. The van der Waals surface area contributed by atoms with Crippen LogP contribution in [-0.2, 0) is 4.79 Å². The maximum Gasteiger partial charge on any atom is 0.236 e. The van der Waals surface area contributed by atoms with Gasteiger partial charge in [0.1, 0.15) is 6.42 Å². The molecule has 1 aliphatic heterocycles. The molecule has 0 aliphatic carbocycles. The van der Waals surface area contributed by atoms with E-state index in [1.165, 1.54) is 27.7 Å². The van der Waals surface area contributed by atoms with Crippen LogP contribution in [0, 0.1) is 25.2 Å². The molecular formula is C18H21N3O. The highest BCUT2D eigenvalue weighted by molar-refractivity contribution is 5.85. The first-order chi connectivity index (χ1) is 10.6. The number of aryl methyl sites for hydroxylation is 2. The summed E-state index contributed by atoms with van der Waals surface area (Å²) in [5.41, 5.74) is 5.12. The molecule has 0 radical (unpaired) electrons. The van der Waals surface area contributed by atoms with Gasteiger partial charge in [-0.25, -0.2) is 0 Å².